The molecule has 0 aliphatic carbocycles. The quantitative estimate of drug-likeness (QED) is 0.889. The number of amides is 1. The lowest BCUT2D eigenvalue weighted by Gasteiger charge is -2.23. The van der Waals surface area contributed by atoms with Crippen molar-refractivity contribution in [3.05, 3.63) is 34.7 Å². The molecule has 21 heavy (non-hydrogen) atoms. The summed E-state index contributed by atoms with van der Waals surface area (Å²) in [5.41, 5.74) is 0.0156. The topological polar surface area (TPSA) is 66.4 Å². The van der Waals surface area contributed by atoms with Crippen molar-refractivity contribution in [3.63, 3.8) is 0 Å². The summed E-state index contributed by atoms with van der Waals surface area (Å²) in [5.74, 6) is -1.09. The van der Waals surface area contributed by atoms with Crippen molar-refractivity contribution in [2.45, 2.75) is 27.2 Å². The summed E-state index contributed by atoms with van der Waals surface area (Å²) in [5, 5.41) is 13.1. The molecule has 1 atom stereocenters. The maximum Gasteiger partial charge on any atom is 0.311 e. The van der Waals surface area contributed by atoms with Crippen molar-refractivity contribution in [1.29, 1.82) is 0 Å². The molecule has 0 aliphatic heterocycles. The van der Waals surface area contributed by atoms with Crippen LogP contribution in [0.25, 0.3) is 10.1 Å². The van der Waals surface area contributed by atoms with Crippen LogP contribution in [-0.4, -0.2) is 23.5 Å². The van der Waals surface area contributed by atoms with Crippen molar-refractivity contribution in [2.75, 3.05) is 6.54 Å². The lowest BCUT2D eigenvalue weighted by Crippen LogP contribution is -2.40. The summed E-state index contributed by atoms with van der Waals surface area (Å²) in [4.78, 5) is 24.2. The third kappa shape index (κ3) is 2.93. The number of aliphatic carboxylic acids is 1. The van der Waals surface area contributed by atoms with E-state index in [4.69, 9.17) is 0 Å². The maximum atomic E-state index is 12.3. The number of hydrogen-bond donors (Lipinski definition) is 2. The zero-order valence-electron chi connectivity index (χ0n) is 12.4. The number of benzene rings is 1. The second-order valence-corrected chi connectivity index (χ2v) is 6.51. The van der Waals surface area contributed by atoms with Crippen molar-refractivity contribution < 1.29 is 14.7 Å². The molecule has 0 bridgehead atoms. The summed E-state index contributed by atoms with van der Waals surface area (Å²) < 4.78 is 1.07. The third-order valence-corrected chi connectivity index (χ3v) is 5.26. The minimum absolute atomic E-state index is 0.130. The number of carbonyl (C=O) groups is 2. The Morgan fingerprint density at radius 1 is 1.33 bits per heavy atom. The average molecular weight is 305 g/mol. The van der Waals surface area contributed by atoms with Gasteiger partial charge in [0, 0.05) is 11.2 Å². The Labute approximate surface area is 127 Å². The molecular formula is C16H19NO3S. The highest BCUT2D eigenvalue weighted by molar-refractivity contribution is 7.21. The Bertz CT molecular complexity index is 692. The summed E-state index contributed by atoms with van der Waals surface area (Å²) in [6, 6.07) is 7.86. The first-order chi connectivity index (χ1) is 9.89. The Balaban J connectivity index is 2.20. The van der Waals surface area contributed by atoms with Crippen molar-refractivity contribution in [1.82, 2.24) is 5.32 Å². The maximum absolute atomic E-state index is 12.3. The van der Waals surface area contributed by atoms with Gasteiger partial charge in [-0.3, -0.25) is 9.59 Å². The number of fused-ring (bicyclic) bond motifs is 1. The number of rotatable bonds is 5. The van der Waals surface area contributed by atoms with Crippen LogP contribution in [-0.2, 0) is 4.79 Å². The standard InChI is InChI=1S/C16H19NO3S/c1-4-16(3,15(19)20)9-17-14(18)13-10(2)11-7-5-6-8-12(11)21-13/h5-8H,4,9H2,1-3H3,(H,17,18)(H,19,20). The first-order valence-electron chi connectivity index (χ1n) is 6.89. The van der Waals surface area contributed by atoms with Gasteiger partial charge in [-0.15, -0.1) is 11.3 Å². The molecule has 1 aromatic heterocycles. The first-order valence-corrected chi connectivity index (χ1v) is 7.70. The second kappa shape index (κ2) is 5.85. The Hall–Kier alpha value is -1.88. The van der Waals surface area contributed by atoms with E-state index in [-0.39, 0.29) is 12.5 Å². The first kappa shape index (κ1) is 15.5. The number of carboxylic acids is 1. The smallest absolute Gasteiger partial charge is 0.311 e. The molecule has 1 aromatic carbocycles. The van der Waals surface area contributed by atoms with E-state index in [1.807, 2.05) is 38.1 Å². The average Bonchev–Trinajstić information content (AvgIpc) is 2.82. The molecule has 4 nitrogen and oxygen atoms in total. The Morgan fingerprint density at radius 2 is 2.00 bits per heavy atom. The highest BCUT2D eigenvalue weighted by Crippen LogP contribution is 2.30. The molecule has 0 spiro atoms. The molecule has 112 valence electrons. The fraction of sp³-hybridized carbons (Fsp3) is 0.375. The van der Waals surface area contributed by atoms with Crippen LogP contribution in [0.2, 0.25) is 0 Å². The van der Waals surface area contributed by atoms with Crippen molar-refractivity contribution in [2.24, 2.45) is 5.41 Å². The fourth-order valence-corrected chi connectivity index (χ4v) is 3.22. The molecule has 0 aliphatic rings. The van der Waals surface area contributed by atoms with Gasteiger partial charge in [-0.05, 0) is 37.3 Å². The van der Waals surface area contributed by atoms with E-state index in [1.165, 1.54) is 11.3 Å². The van der Waals surface area contributed by atoms with E-state index in [9.17, 15) is 14.7 Å². The van der Waals surface area contributed by atoms with Crippen LogP contribution in [0.5, 0.6) is 0 Å². The minimum atomic E-state index is -0.930. The number of carboxylic acid groups (broad SMARTS) is 1. The van der Waals surface area contributed by atoms with Crippen LogP contribution in [0, 0.1) is 12.3 Å². The predicted octanol–water partition coefficient (Wildman–Crippen LogP) is 3.44. The molecule has 2 rings (SSSR count). The van der Waals surface area contributed by atoms with E-state index in [1.54, 1.807) is 6.92 Å². The highest BCUT2D eigenvalue weighted by Gasteiger charge is 2.31. The number of hydrogen-bond acceptors (Lipinski definition) is 3. The lowest BCUT2D eigenvalue weighted by atomic mass is 9.88. The zero-order chi connectivity index (χ0) is 15.6. The number of carbonyl (C=O) groups excluding carboxylic acids is 1. The molecule has 0 saturated carbocycles. The van der Waals surface area contributed by atoms with Crippen LogP contribution in [0.3, 0.4) is 0 Å². The lowest BCUT2D eigenvalue weighted by molar-refractivity contribution is -0.147. The van der Waals surface area contributed by atoms with Gasteiger partial charge in [0.2, 0.25) is 0 Å². The van der Waals surface area contributed by atoms with E-state index < -0.39 is 11.4 Å². The van der Waals surface area contributed by atoms with Gasteiger partial charge >= 0.3 is 5.97 Å². The van der Waals surface area contributed by atoms with Gasteiger partial charge in [-0.25, -0.2) is 0 Å². The van der Waals surface area contributed by atoms with Gasteiger partial charge in [-0.1, -0.05) is 25.1 Å². The number of thiophene rings is 1. The minimum Gasteiger partial charge on any atom is -0.481 e. The molecule has 1 heterocycles. The molecule has 0 fully saturated rings. The second-order valence-electron chi connectivity index (χ2n) is 5.45. The molecule has 0 radical (unpaired) electrons. The Kier molecular flexibility index (Phi) is 4.32. The largest absolute Gasteiger partial charge is 0.481 e. The molecule has 1 unspecified atom stereocenters. The summed E-state index contributed by atoms with van der Waals surface area (Å²) in [7, 11) is 0. The normalized spacial score (nSPS) is 13.9. The number of nitrogens with one attached hydrogen (secondary N) is 1. The SMILES string of the molecule is CCC(C)(CNC(=O)c1sc2ccccc2c1C)C(=O)O. The van der Waals surface area contributed by atoms with Crippen molar-refractivity contribution >= 4 is 33.3 Å². The predicted molar refractivity (Wildman–Crippen MR) is 84.9 cm³/mol. The molecule has 2 N–H and O–H groups in total. The van der Waals surface area contributed by atoms with E-state index in [2.05, 4.69) is 5.32 Å². The monoisotopic (exact) mass is 305 g/mol. The van der Waals surface area contributed by atoms with Gasteiger partial charge in [0.15, 0.2) is 0 Å². The van der Waals surface area contributed by atoms with Gasteiger partial charge in [-0.2, -0.15) is 0 Å². The Morgan fingerprint density at radius 3 is 2.57 bits per heavy atom. The molecular weight excluding hydrogens is 286 g/mol. The molecule has 0 saturated heterocycles. The van der Waals surface area contributed by atoms with Crippen LogP contribution >= 0.6 is 11.3 Å². The van der Waals surface area contributed by atoms with E-state index in [0.717, 1.165) is 15.6 Å². The van der Waals surface area contributed by atoms with Crippen LogP contribution in [0.4, 0.5) is 0 Å². The summed E-state index contributed by atoms with van der Waals surface area (Å²) in [6.45, 7) is 5.51. The number of aryl methyl sites for hydroxylation is 1. The molecule has 5 heteroatoms. The van der Waals surface area contributed by atoms with Gasteiger partial charge in [0.25, 0.3) is 5.91 Å². The molecule has 1 amide bonds. The fourth-order valence-electron chi connectivity index (χ4n) is 2.10. The van der Waals surface area contributed by atoms with Gasteiger partial charge in [0.1, 0.15) is 0 Å². The highest BCUT2D eigenvalue weighted by atomic mass is 32.1. The van der Waals surface area contributed by atoms with Crippen LogP contribution < -0.4 is 5.32 Å². The van der Waals surface area contributed by atoms with Crippen LogP contribution in [0.1, 0.15) is 35.5 Å². The third-order valence-electron chi connectivity index (χ3n) is 3.99. The van der Waals surface area contributed by atoms with Crippen LogP contribution in [0.15, 0.2) is 24.3 Å². The van der Waals surface area contributed by atoms with E-state index in [0.29, 0.717) is 11.3 Å². The van der Waals surface area contributed by atoms with E-state index >= 15 is 0 Å². The summed E-state index contributed by atoms with van der Waals surface area (Å²) >= 11 is 1.44. The molecule has 2 aromatic rings. The summed E-state index contributed by atoms with van der Waals surface area (Å²) in [6.07, 6.45) is 0.466. The van der Waals surface area contributed by atoms with Crippen molar-refractivity contribution in [3.8, 4) is 0 Å². The van der Waals surface area contributed by atoms with Gasteiger partial charge < -0.3 is 10.4 Å². The zero-order valence-corrected chi connectivity index (χ0v) is 13.2. The van der Waals surface area contributed by atoms with Gasteiger partial charge in [0.05, 0.1) is 10.3 Å².